The van der Waals surface area contributed by atoms with E-state index < -0.39 is 29.8 Å². The van der Waals surface area contributed by atoms with Gasteiger partial charge in [-0.15, -0.1) is 0 Å². The van der Waals surface area contributed by atoms with Gasteiger partial charge in [0.2, 0.25) is 5.88 Å². The highest BCUT2D eigenvalue weighted by molar-refractivity contribution is 5.87. The van der Waals surface area contributed by atoms with Crippen LogP contribution in [0.5, 0.6) is 5.88 Å². The maximum absolute atomic E-state index is 12.4. The second-order valence-electron chi connectivity index (χ2n) is 7.80. The molecule has 3 rings (SSSR count). The van der Waals surface area contributed by atoms with E-state index in [9.17, 15) is 14.7 Å². The van der Waals surface area contributed by atoms with Gasteiger partial charge in [0.05, 0.1) is 6.54 Å². The maximum Gasteiger partial charge on any atom is 0.411 e. The lowest BCUT2D eigenvalue weighted by Gasteiger charge is -2.26. The van der Waals surface area contributed by atoms with Crippen LogP contribution in [-0.4, -0.2) is 51.3 Å². The van der Waals surface area contributed by atoms with Gasteiger partial charge < -0.3 is 14.6 Å². The molecule has 1 aliphatic rings. The number of ether oxygens (including phenoxy) is 2. The summed E-state index contributed by atoms with van der Waals surface area (Å²) in [6.45, 7) is 7.35. The van der Waals surface area contributed by atoms with Gasteiger partial charge >= 0.3 is 12.1 Å². The van der Waals surface area contributed by atoms with E-state index >= 15 is 0 Å². The van der Waals surface area contributed by atoms with Gasteiger partial charge in [0.25, 0.3) is 0 Å². The number of carbonyl (C=O) groups excluding carboxylic acids is 1. The minimum atomic E-state index is -1.08. The molecular weight excluding hydrogens is 348 g/mol. The number of carboxylic acid groups (broad SMARTS) is 1. The third-order valence-corrected chi connectivity index (χ3v) is 4.34. The highest BCUT2D eigenvalue weighted by Gasteiger charge is 2.42. The summed E-state index contributed by atoms with van der Waals surface area (Å²) >= 11 is 0. The summed E-state index contributed by atoms with van der Waals surface area (Å²) in [5, 5.41) is 11.4. The number of aliphatic carboxylic acids is 1. The third-order valence-electron chi connectivity index (χ3n) is 4.34. The number of fused-ring (bicyclic) bond motifs is 1. The Labute approximate surface area is 157 Å². The quantitative estimate of drug-likeness (QED) is 0.888. The number of nitrogens with zero attached hydrogens (tertiary/aromatic N) is 2. The molecule has 144 valence electrons. The second-order valence-corrected chi connectivity index (χ2v) is 7.80. The number of likely N-dealkylation sites (tertiary alicyclic amines) is 1. The molecule has 1 aliphatic heterocycles. The van der Waals surface area contributed by atoms with Crippen molar-refractivity contribution in [3.8, 4) is 5.88 Å². The second kappa shape index (κ2) is 7.06. The molecule has 1 N–H and O–H groups in total. The third kappa shape index (κ3) is 4.30. The van der Waals surface area contributed by atoms with Crippen molar-refractivity contribution < 1.29 is 24.2 Å². The number of pyridine rings is 1. The number of carbonyl (C=O) groups is 2. The standard InChI is InChI=1S/C20H24N2O5/c1-12-5-6-13-7-8-21-17(15(13)9-12)26-14-10-16(18(23)24)22(11-14)19(25)27-20(2,3)4/h5-9,14,16H,10-11H2,1-4H3,(H,23,24)/t14?,16-/m0/s1. The minimum absolute atomic E-state index is 0.135. The average Bonchev–Trinajstić information content (AvgIpc) is 2.98. The summed E-state index contributed by atoms with van der Waals surface area (Å²) in [6.07, 6.45) is 0.709. The maximum atomic E-state index is 12.4. The molecule has 27 heavy (non-hydrogen) atoms. The first-order valence-electron chi connectivity index (χ1n) is 8.88. The highest BCUT2D eigenvalue weighted by atomic mass is 16.6. The van der Waals surface area contributed by atoms with Crippen molar-refractivity contribution in [1.82, 2.24) is 9.88 Å². The number of benzene rings is 1. The minimum Gasteiger partial charge on any atom is -0.480 e. The molecule has 0 aliphatic carbocycles. The van der Waals surface area contributed by atoms with E-state index in [1.807, 2.05) is 31.2 Å². The molecule has 2 heterocycles. The first-order chi connectivity index (χ1) is 12.6. The number of aryl methyl sites for hydroxylation is 1. The molecule has 1 amide bonds. The fourth-order valence-electron chi connectivity index (χ4n) is 3.15. The molecule has 7 nitrogen and oxygen atoms in total. The Morgan fingerprint density at radius 1 is 1.26 bits per heavy atom. The highest BCUT2D eigenvalue weighted by Crippen LogP contribution is 2.29. The molecule has 0 radical (unpaired) electrons. The lowest BCUT2D eigenvalue weighted by Crippen LogP contribution is -2.43. The zero-order valence-electron chi connectivity index (χ0n) is 15.9. The zero-order chi connectivity index (χ0) is 19.8. The van der Waals surface area contributed by atoms with Crippen molar-refractivity contribution in [3.63, 3.8) is 0 Å². The predicted molar refractivity (Wildman–Crippen MR) is 99.9 cm³/mol. The molecule has 2 atom stereocenters. The monoisotopic (exact) mass is 372 g/mol. The van der Waals surface area contributed by atoms with E-state index in [2.05, 4.69) is 4.98 Å². The van der Waals surface area contributed by atoms with Crippen LogP contribution in [0.15, 0.2) is 30.5 Å². The molecule has 1 aromatic carbocycles. The SMILES string of the molecule is Cc1ccc2ccnc(OC3C[C@@H](C(=O)O)N(C(=O)OC(C)(C)C)C3)c2c1. The van der Waals surface area contributed by atoms with Gasteiger partial charge in [-0.3, -0.25) is 4.90 Å². The summed E-state index contributed by atoms with van der Waals surface area (Å²) in [5.41, 5.74) is 0.374. The van der Waals surface area contributed by atoms with Gasteiger partial charge in [-0.25, -0.2) is 14.6 Å². The Hall–Kier alpha value is -2.83. The van der Waals surface area contributed by atoms with E-state index in [0.29, 0.717) is 5.88 Å². The van der Waals surface area contributed by atoms with Crippen molar-refractivity contribution in [3.05, 3.63) is 36.0 Å². The summed E-state index contributed by atoms with van der Waals surface area (Å²) in [6, 6.07) is 6.88. The Balaban J connectivity index is 1.82. The van der Waals surface area contributed by atoms with E-state index in [4.69, 9.17) is 9.47 Å². The zero-order valence-corrected chi connectivity index (χ0v) is 15.9. The van der Waals surface area contributed by atoms with Crippen LogP contribution in [0.2, 0.25) is 0 Å². The van der Waals surface area contributed by atoms with Crippen LogP contribution in [0.1, 0.15) is 32.8 Å². The largest absolute Gasteiger partial charge is 0.480 e. The molecule has 1 unspecified atom stereocenters. The fourth-order valence-corrected chi connectivity index (χ4v) is 3.15. The molecule has 0 saturated carbocycles. The van der Waals surface area contributed by atoms with E-state index in [1.54, 1.807) is 27.0 Å². The topological polar surface area (TPSA) is 89.0 Å². The number of amides is 1. The van der Waals surface area contributed by atoms with Crippen LogP contribution in [0.3, 0.4) is 0 Å². The Bertz CT molecular complexity index is 874. The smallest absolute Gasteiger partial charge is 0.411 e. The Kier molecular flexibility index (Phi) is 4.95. The number of hydrogen-bond donors (Lipinski definition) is 1. The lowest BCUT2D eigenvalue weighted by atomic mass is 10.1. The molecule has 1 aromatic heterocycles. The normalized spacial score (nSPS) is 19.9. The molecule has 1 saturated heterocycles. The van der Waals surface area contributed by atoms with Gasteiger partial charge in [0.15, 0.2) is 0 Å². The van der Waals surface area contributed by atoms with Crippen LogP contribution in [0.25, 0.3) is 10.8 Å². The van der Waals surface area contributed by atoms with E-state index in [0.717, 1.165) is 16.3 Å². The number of rotatable bonds is 3. The number of aromatic nitrogens is 1. The average molecular weight is 372 g/mol. The fraction of sp³-hybridized carbons (Fsp3) is 0.450. The molecule has 7 heteroatoms. The Morgan fingerprint density at radius 3 is 2.67 bits per heavy atom. The van der Waals surface area contributed by atoms with Crippen molar-refractivity contribution in [1.29, 1.82) is 0 Å². The van der Waals surface area contributed by atoms with Crippen molar-refractivity contribution in [2.75, 3.05) is 6.54 Å². The van der Waals surface area contributed by atoms with Crippen LogP contribution in [0, 0.1) is 6.92 Å². The van der Waals surface area contributed by atoms with Crippen LogP contribution >= 0.6 is 0 Å². The first-order valence-corrected chi connectivity index (χ1v) is 8.88. The summed E-state index contributed by atoms with van der Waals surface area (Å²) in [7, 11) is 0. The number of carboxylic acids is 1. The molecule has 0 spiro atoms. The number of hydrogen-bond acceptors (Lipinski definition) is 5. The van der Waals surface area contributed by atoms with Crippen LogP contribution in [-0.2, 0) is 9.53 Å². The van der Waals surface area contributed by atoms with Crippen LogP contribution in [0.4, 0.5) is 4.79 Å². The van der Waals surface area contributed by atoms with Gasteiger partial charge in [-0.1, -0.05) is 17.7 Å². The molecule has 0 bridgehead atoms. The van der Waals surface area contributed by atoms with E-state index in [-0.39, 0.29) is 13.0 Å². The van der Waals surface area contributed by atoms with Crippen molar-refractivity contribution in [2.45, 2.75) is 51.9 Å². The Morgan fingerprint density at radius 2 is 2.00 bits per heavy atom. The first kappa shape index (κ1) is 18.9. The van der Waals surface area contributed by atoms with Gasteiger partial charge in [0.1, 0.15) is 17.7 Å². The summed E-state index contributed by atoms with van der Waals surface area (Å²) in [5.74, 6) is -0.634. The van der Waals surface area contributed by atoms with Gasteiger partial charge in [-0.05, 0) is 45.2 Å². The van der Waals surface area contributed by atoms with E-state index in [1.165, 1.54) is 4.90 Å². The van der Waals surface area contributed by atoms with Gasteiger partial charge in [0, 0.05) is 18.0 Å². The van der Waals surface area contributed by atoms with Crippen LogP contribution < -0.4 is 4.74 Å². The molecular formula is C20H24N2O5. The predicted octanol–water partition coefficient (Wildman–Crippen LogP) is 3.38. The van der Waals surface area contributed by atoms with Gasteiger partial charge in [-0.2, -0.15) is 0 Å². The molecule has 1 fully saturated rings. The summed E-state index contributed by atoms with van der Waals surface area (Å²) in [4.78, 5) is 29.5. The molecule has 2 aromatic rings. The van der Waals surface area contributed by atoms with Crippen molar-refractivity contribution in [2.24, 2.45) is 0 Å². The van der Waals surface area contributed by atoms with Crippen molar-refractivity contribution >= 4 is 22.8 Å². The lowest BCUT2D eigenvalue weighted by molar-refractivity contribution is -0.142. The summed E-state index contributed by atoms with van der Waals surface area (Å²) < 4.78 is 11.3.